The summed E-state index contributed by atoms with van der Waals surface area (Å²) in [7, 11) is 0. The second kappa shape index (κ2) is 8.16. The van der Waals surface area contributed by atoms with Gasteiger partial charge in [-0.3, -0.25) is 15.1 Å². The van der Waals surface area contributed by atoms with Crippen molar-refractivity contribution in [1.82, 2.24) is 4.90 Å². The number of aliphatic hydroxyl groups is 1. The van der Waals surface area contributed by atoms with Gasteiger partial charge in [0.05, 0.1) is 17.7 Å². The van der Waals surface area contributed by atoms with E-state index in [1.165, 1.54) is 0 Å². The number of nitrogens with one attached hydrogen (secondary N) is 1. The number of rotatable bonds is 5. The number of carbonyl (C=O) groups is 1. The molecule has 1 heterocycles. The number of anilines is 1. The fourth-order valence-electron chi connectivity index (χ4n) is 4.22. The summed E-state index contributed by atoms with van der Waals surface area (Å²) in [6.45, 7) is 3.72. The van der Waals surface area contributed by atoms with E-state index in [0.717, 1.165) is 49.2 Å². The number of carboxylic acids is 1. The summed E-state index contributed by atoms with van der Waals surface area (Å²) in [4.78, 5) is 15.7. The third kappa shape index (κ3) is 4.80. The molecule has 1 aliphatic heterocycles. The summed E-state index contributed by atoms with van der Waals surface area (Å²) in [6.07, 6.45) is 2.66. The quantitative estimate of drug-likeness (QED) is 0.412. The van der Waals surface area contributed by atoms with Gasteiger partial charge in [-0.2, -0.15) is 0 Å². The van der Waals surface area contributed by atoms with Gasteiger partial charge < -0.3 is 20.8 Å². The van der Waals surface area contributed by atoms with E-state index in [-0.39, 0.29) is 12.3 Å². The van der Waals surface area contributed by atoms with Gasteiger partial charge >= 0.3 is 5.97 Å². The number of nitrogens with zero attached hydrogens (tertiary/aromatic N) is 2. The number of nitrogen functional groups attached to an aromatic ring is 1. The number of hydrogen-bond acceptors (Lipinski definition) is 5. The Hall–Kier alpha value is -1.64. The summed E-state index contributed by atoms with van der Waals surface area (Å²) in [5.74, 6) is -0.863. The van der Waals surface area contributed by atoms with Crippen molar-refractivity contribution < 1.29 is 15.0 Å². The monoisotopic (exact) mass is 438 g/mol. The minimum atomic E-state index is -1.03. The molecule has 2 fully saturated rings. The van der Waals surface area contributed by atoms with Gasteiger partial charge in [0, 0.05) is 42.3 Å². The van der Waals surface area contributed by atoms with Crippen LogP contribution >= 0.6 is 15.9 Å². The predicted octanol–water partition coefficient (Wildman–Crippen LogP) is 2.00. The number of carboxylic acid groups (broad SMARTS) is 1. The number of amidine groups is 1. The van der Waals surface area contributed by atoms with Crippen molar-refractivity contribution in [3.63, 3.8) is 0 Å². The maximum absolute atomic E-state index is 10.9. The Labute approximate surface area is 167 Å². The zero-order valence-electron chi connectivity index (χ0n) is 15.3. The molecule has 2 aliphatic rings. The first-order chi connectivity index (χ1) is 12.8. The number of nitrogens with two attached hydrogens (primary N) is 1. The largest absolute Gasteiger partial charge is 0.481 e. The highest BCUT2D eigenvalue weighted by Gasteiger charge is 2.37. The lowest BCUT2D eigenvalue weighted by molar-refractivity contribution is -0.144. The number of halogens is 1. The van der Waals surface area contributed by atoms with Crippen molar-refractivity contribution in [1.29, 1.82) is 5.41 Å². The number of benzene rings is 1. The first-order valence-electron chi connectivity index (χ1n) is 9.34. The molecule has 1 aromatic carbocycles. The summed E-state index contributed by atoms with van der Waals surface area (Å²) < 4.78 is 0.944. The van der Waals surface area contributed by atoms with Gasteiger partial charge in [-0.05, 0) is 59.8 Å². The summed E-state index contributed by atoms with van der Waals surface area (Å²) in [5.41, 5.74) is 6.33. The van der Waals surface area contributed by atoms with Crippen LogP contribution in [0, 0.1) is 5.41 Å². The van der Waals surface area contributed by atoms with E-state index in [1.54, 1.807) is 0 Å². The van der Waals surface area contributed by atoms with Gasteiger partial charge in [0.2, 0.25) is 0 Å². The standard InChI is InChI=1S/C19H27BrN4O3/c20-15-11-13(18(21)22)1-2-16(15)24-9-7-23(8-10-24)14-3-5-19(27,6-4-14)12-17(25)26/h1-2,11,14,27H,3-10,12H2,(H3,21,22)(H,25,26)/t14-,19-. The van der Waals surface area contributed by atoms with E-state index in [0.29, 0.717) is 24.4 Å². The van der Waals surface area contributed by atoms with Crippen molar-refractivity contribution in [2.24, 2.45) is 5.73 Å². The molecule has 0 bridgehead atoms. The molecule has 148 valence electrons. The van der Waals surface area contributed by atoms with Gasteiger partial charge in [-0.1, -0.05) is 0 Å². The molecule has 0 amide bonds. The Balaban J connectivity index is 1.54. The van der Waals surface area contributed by atoms with Gasteiger partial charge in [0.25, 0.3) is 0 Å². The van der Waals surface area contributed by atoms with E-state index in [1.807, 2.05) is 18.2 Å². The fourth-order valence-corrected chi connectivity index (χ4v) is 4.85. The smallest absolute Gasteiger partial charge is 0.306 e. The average Bonchev–Trinajstić information content (AvgIpc) is 2.61. The molecular weight excluding hydrogens is 412 g/mol. The Bertz CT molecular complexity index is 711. The van der Waals surface area contributed by atoms with Gasteiger partial charge in [-0.25, -0.2) is 0 Å². The molecule has 3 rings (SSSR count). The molecule has 8 heteroatoms. The highest BCUT2D eigenvalue weighted by molar-refractivity contribution is 9.10. The van der Waals surface area contributed by atoms with Crippen molar-refractivity contribution in [3.8, 4) is 0 Å². The van der Waals surface area contributed by atoms with Crippen LogP contribution in [0.15, 0.2) is 22.7 Å². The molecule has 1 saturated carbocycles. The van der Waals surface area contributed by atoms with Crippen molar-refractivity contribution in [2.45, 2.75) is 43.7 Å². The van der Waals surface area contributed by atoms with Crippen LogP contribution in [0.5, 0.6) is 0 Å². The van der Waals surface area contributed by atoms with Crippen molar-refractivity contribution >= 4 is 33.4 Å². The minimum absolute atomic E-state index is 0.0622. The second-order valence-corrected chi connectivity index (χ2v) is 8.48. The molecule has 5 N–H and O–H groups in total. The molecule has 1 saturated heterocycles. The molecule has 0 radical (unpaired) electrons. The van der Waals surface area contributed by atoms with Gasteiger partial charge in [0.15, 0.2) is 0 Å². The molecule has 1 aliphatic carbocycles. The third-order valence-electron chi connectivity index (χ3n) is 5.80. The maximum atomic E-state index is 10.9. The minimum Gasteiger partial charge on any atom is -0.481 e. The maximum Gasteiger partial charge on any atom is 0.306 e. The first kappa shape index (κ1) is 20.1. The predicted molar refractivity (Wildman–Crippen MR) is 108 cm³/mol. The van der Waals surface area contributed by atoms with Gasteiger partial charge in [0.1, 0.15) is 5.84 Å². The number of hydrogen-bond donors (Lipinski definition) is 4. The lowest BCUT2D eigenvalue weighted by Gasteiger charge is -2.44. The summed E-state index contributed by atoms with van der Waals surface area (Å²) in [6, 6.07) is 6.18. The molecule has 0 aromatic heterocycles. The molecule has 0 spiro atoms. The average molecular weight is 439 g/mol. The topological polar surface area (TPSA) is 114 Å². The van der Waals surface area contributed by atoms with Crippen LogP contribution in [0.3, 0.4) is 0 Å². The van der Waals surface area contributed by atoms with Gasteiger partial charge in [-0.15, -0.1) is 0 Å². The van der Waals surface area contributed by atoms with E-state index in [4.69, 9.17) is 16.2 Å². The molecule has 0 atom stereocenters. The highest BCUT2D eigenvalue weighted by Crippen LogP contribution is 2.34. The summed E-state index contributed by atoms with van der Waals surface area (Å²) in [5, 5.41) is 26.9. The van der Waals surface area contributed by atoms with E-state index in [9.17, 15) is 9.90 Å². The van der Waals surface area contributed by atoms with Crippen LogP contribution in [0.1, 0.15) is 37.7 Å². The molecular formula is C19H27BrN4O3. The van der Waals surface area contributed by atoms with Crippen LogP contribution < -0.4 is 10.6 Å². The highest BCUT2D eigenvalue weighted by atomic mass is 79.9. The third-order valence-corrected chi connectivity index (χ3v) is 6.43. The zero-order chi connectivity index (χ0) is 19.6. The van der Waals surface area contributed by atoms with Crippen LogP contribution in [0.25, 0.3) is 0 Å². The lowest BCUT2D eigenvalue weighted by Crippen LogP contribution is -2.52. The second-order valence-electron chi connectivity index (χ2n) is 7.63. The fraction of sp³-hybridized carbons (Fsp3) is 0.579. The summed E-state index contributed by atoms with van der Waals surface area (Å²) >= 11 is 3.59. The molecule has 7 nitrogen and oxygen atoms in total. The van der Waals surface area contributed by atoms with E-state index < -0.39 is 11.6 Å². The van der Waals surface area contributed by atoms with E-state index >= 15 is 0 Å². The molecule has 0 unspecified atom stereocenters. The van der Waals surface area contributed by atoms with Crippen LogP contribution in [0.2, 0.25) is 0 Å². The number of piperazine rings is 1. The SMILES string of the molecule is N=C(N)c1ccc(N2CCN([C@H]3CC[C@@](O)(CC(=O)O)CC3)CC2)c(Br)c1. The van der Waals surface area contributed by atoms with Crippen LogP contribution in [-0.4, -0.2) is 64.7 Å². The van der Waals surface area contributed by atoms with Crippen LogP contribution in [0.4, 0.5) is 5.69 Å². The van der Waals surface area contributed by atoms with E-state index in [2.05, 4.69) is 25.7 Å². The number of aliphatic carboxylic acids is 1. The Morgan fingerprint density at radius 2 is 1.89 bits per heavy atom. The van der Waals surface area contributed by atoms with Crippen molar-refractivity contribution in [3.05, 3.63) is 28.2 Å². The Morgan fingerprint density at radius 3 is 2.41 bits per heavy atom. The normalized spacial score (nSPS) is 26.7. The zero-order valence-corrected chi connectivity index (χ0v) is 16.9. The lowest BCUT2D eigenvalue weighted by atomic mass is 9.79. The van der Waals surface area contributed by atoms with Crippen molar-refractivity contribution in [2.75, 3.05) is 31.1 Å². The molecule has 1 aromatic rings. The van der Waals surface area contributed by atoms with Crippen LogP contribution in [-0.2, 0) is 4.79 Å². The Morgan fingerprint density at radius 1 is 1.26 bits per heavy atom. The first-order valence-corrected chi connectivity index (χ1v) is 10.1. The molecule has 27 heavy (non-hydrogen) atoms. The Kier molecular flexibility index (Phi) is 6.08.